The highest BCUT2D eigenvalue weighted by molar-refractivity contribution is 5.59. The first-order valence-corrected chi connectivity index (χ1v) is 7.62. The van der Waals surface area contributed by atoms with E-state index in [9.17, 15) is 0 Å². The second kappa shape index (κ2) is 5.77. The van der Waals surface area contributed by atoms with Gasteiger partial charge in [-0.05, 0) is 12.1 Å². The maximum absolute atomic E-state index is 4.47. The molecular weight excluding hydrogens is 387 g/mol. The van der Waals surface area contributed by atoms with Gasteiger partial charge in [-0.25, -0.2) is 0 Å². The normalized spacial score (nSPS) is 25.1. The number of hydrogen-bond donors (Lipinski definition) is 0. The van der Waals surface area contributed by atoms with Gasteiger partial charge in [0, 0.05) is 12.0 Å². The maximum atomic E-state index is 4.47. The van der Waals surface area contributed by atoms with E-state index in [-0.39, 0.29) is 24.0 Å². The van der Waals surface area contributed by atoms with Crippen molar-refractivity contribution in [3.05, 3.63) is 42.5 Å². The Balaban J connectivity index is 0.00000144. The fourth-order valence-electron chi connectivity index (χ4n) is 3.79. The van der Waals surface area contributed by atoms with E-state index < -0.39 is 0 Å². The average molecular weight is 408 g/mol. The number of likely N-dealkylation sites (N-methyl/N-ethyl adjacent to an activating group) is 1. The van der Waals surface area contributed by atoms with Crippen LogP contribution in [-0.4, -0.2) is 53.9 Å². The van der Waals surface area contributed by atoms with Crippen molar-refractivity contribution in [1.29, 1.82) is 0 Å². The van der Waals surface area contributed by atoms with Crippen molar-refractivity contribution >= 4 is 5.82 Å². The summed E-state index contributed by atoms with van der Waals surface area (Å²) in [6, 6.07) is 15.8. The second-order valence-corrected chi connectivity index (χ2v) is 6.80. The van der Waals surface area contributed by atoms with E-state index in [2.05, 4.69) is 53.5 Å². The molecule has 5 heteroatoms. The third-order valence-electron chi connectivity index (χ3n) is 5.08. The zero-order chi connectivity index (χ0) is 14.4. The maximum Gasteiger partial charge on any atom is 0.151 e. The molecule has 0 N–H and O–H groups in total. The summed E-state index contributed by atoms with van der Waals surface area (Å²) in [6.45, 7) is 2.32. The first-order chi connectivity index (χ1) is 10.1. The van der Waals surface area contributed by atoms with Crippen molar-refractivity contribution in [3.63, 3.8) is 0 Å². The minimum Gasteiger partial charge on any atom is -1.00 e. The molecule has 2 atom stereocenters. The molecule has 2 aliphatic heterocycles. The summed E-state index contributed by atoms with van der Waals surface area (Å²) in [5.74, 6) is 1.03. The molecule has 1 aromatic carbocycles. The second-order valence-electron chi connectivity index (χ2n) is 6.80. The molecule has 2 unspecified atom stereocenters. The standard InChI is InChI=1S/C17H21N4.HI/c1-21(2)12-14-10-15(21)11-20(14)17-9-8-16(18-19-17)13-6-4-3-5-7-13;/h3-9,14-15H,10-12H2,1-2H3;1H/q+1;/p-1. The Kier molecular flexibility index (Phi) is 4.11. The Morgan fingerprint density at radius 2 is 1.82 bits per heavy atom. The van der Waals surface area contributed by atoms with Crippen LogP contribution in [0.4, 0.5) is 5.82 Å². The minimum atomic E-state index is 0. The zero-order valence-corrected chi connectivity index (χ0v) is 15.1. The summed E-state index contributed by atoms with van der Waals surface area (Å²) in [5.41, 5.74) is 2.07. The van der Waals surface area contributed by atoms with Crippen LogP contribution >= 0.6 is 0 Å². The molecule has 116 valence electrons. The van der Waals surface area contributed by atoms with Gasteiger partial charge in [0.15, 0.2) is 5.82 Å². The Morgan fingerprint density at radius 1 is 1.05 bits per heavy atom. The van der Waals surface area contributed by atoms with E-state index >= 15 is 0 Å². The van der Waals surface area contributed by atoms with Gasteiger partial charge >= 0.3 is 0 Å². The van der Waals surface area contributed by atoms with E-state index in [1.807, 2.05) is 18.2 Å². The lowest BCUT2D eigenvalue weighted by molar-refractivity contribution is -0.903. The van der Waals surface area contributed by atoms with Crippen LogP contribution < -0.4 is 28.9 Å². The van der Waals surface area contributed by atoms with E-state index in [0.29, 0.717) is 6.04 Å². The van der Waals surface area contributed by atoms with Crippen LogP contribution in [0.25, 0.3) is 11.3 Å². The van der Waals surface area contributed by atoms with E-state index in [1.54, 1.807) is 0 Å². The van der Waals surface area contributed by atoms with Gasteiger partial charge in [-0.1, -0.05) is 30.3 Å². The highest BCUT2D eigenvalue weighted by atomic mass is 127. The molecule has 0 amide bonds. The third-order valence-corrected chi connectivity index (χ3v) is 5.08. The van der Waals surface area contributed by atoms with E-state index in [1.165, 1.54) is 13.0 Å². The molecule has 2 aromatic rings. The molecule has 3 heterocycles. The van der Waals surface area contributed by atoms with Crippen molar-refractivity contribution in [2.45, 2.75) is 18.5 Å². The molecule has 4 nitrogen and oxygen atoms in total. The number of benzene rings is 1. The summed E-state index contributed by atoms with van der Waals surface area (Å²) in [6.07, 6.45) is 1.29. The zero-order valence-electron chi connectivity index (χ0n) is 13.0. The molecule has 2 aliphatic rings. The summed E-state index contributed by atoms with van der Waals surface area (Å²) in [7, 11) is 4.68. The molecule has 0 saturated carbocycles. The number of quaternary nitrogens is 1. The number of nitrogens with zero attached hydrogens (tertiary/aromatic N) is 4. The number of anilines is 1. The van der Waals surface area contributed by atoms with Crippen molar-refractivity contribution in [3.8, 4) is 11.3 Å². The number of hydrogen-bond acceptors (Lipinski definition) is 3. The number of halogens is 1. The third kappa shape index (κ3) is 2.60. The van der Waals surface area contributed by atoms with Gasteiger partial charge in [0.2, 0.25) is 0 Å². The summed E-state index contributed by atoms with van der Waals surface area (Å²) >= 11 is 0. The van der Waals surface area contributed by atoms with Crippen LogP contribution in [0.2, 0.25) is 0 Å². The summed E-state index contributed by atoms with van der Waals surface area (Å²) in [4.78, 5) is 2.44. The molecule has 0 aliphatic carbocycles. The van der Waals surface area contributed by atoms with Gasteiger partial charge in [-0.3, -0.25) is 0 Å². The smallest absolute Gasteiger partial charge is 0.151 e. The van der Waals surface area contributed by atoms with Crippen LogP contribution in [0, 0.1) is 0 Å². The summed E-state index contributed by atoms with van der Waals surface area (Å²) < 4.78 is 1.15. The molecule has 22 heavy (non-hydrogen) atoms. The van der Waals surface area contributed by atoms with Crippen molar-refractivity contribution in [1.82, 2.24) is 10.2 Å². The van der Waals surface area contributed by atoms with Gasteiger partial charge in [0.25, 0.3) is 0 Å². The lowest BCUT2D eigenvalue weighted by Gasteiger charge is -2.38. The van der Waals surface area contributed by atoms with Gasteiger partial charge in [-0.2, -0.15) is 0 Å². The van der Waals surface area contributed by atoms with Crippen molar-refractivity contribution in [2.24, 2.45) is 0 Å². The van der Waals surface area contributed by atoms with Crippen LogP contribution in [0.3, 0.4) is 0 Å². The predicted molar refractivity (Wildman–Crippen MR) is 84.0 cm³/mol. The first kappa shape index (κ1) is 15.7. The molecule has 4 rings (SSSR count). The van der Waals surface area contributed by atoms with Crippen LogP contribution in [0.15, 0.2) is 42.5 Å². The van der Waals surface area contributed by atoms with Gasteiger partial charge in [-0.15, -0.1) is 10.2 Å². The van der Waals surface area contributed by atoms with Crippen molar-refractivity contribution < 1.29 is 28.5 Å². The molecular formula is C17H21IN4. The molecule has 2 bridgehead atoms. The fraction of sp³-hybridized carbons (Fsp3) is 0.412. The van der Waals surface area contributed by atoms with Gasteiger partial charge in [0.05, 0.1) is 38.9 Å². The van der Waals surface area contributed by atoms with Crippen LogP contribution in [0.1, 0.15) is 6.42 Å². The number of rotatable bonds is 2. The monoisotopic (exact) mass is 408 g/mol. The number of likely N-dealkylation sites (tertiary alicyclic amines) is 1. The Bertz CT molecular complexity index is 641. The minimum absolute atomic E-state index is 0. The average Bonchev–Trinajstić information content (AvgIpc) is 3.04. The topological polar surface area (TPSA) is 29.0 Å². The molecule has 2 fully saturated rings. The quantitative estimate of drug-likeness (QED) is 0.481. The van der Waals surface area contributed by atoms with Crippen LogP contribution in [0.5, 0.6) is 0 Å². The number of fused-ring (bicyclic) bond motifs is 2. The lowest BCUT2D eigenvalue weighted by Crippen LogP contribution is -3.00. The predicted octanol–water partition coefficient (Wildman–Crippen LogP) is -0.815. The Morgan fingerprint density at radius 3 is 2.36 bits per heavy atom. The fourth-order valence-corrected chi connectivity index (χ4v) is 3.79. The number of piperazine rings is 1. The van der Waals surface area contributed by atoms with Crippen LogP contribution in [-0.2, 0) is 0 Å². The molecule has 1 aromatic heterocycles. The Hall–Kier alpha value is -1.21. The highest BCUT2D eigenvalue weighted by Gasteiger charge is 2.50. The lowest BCUT2D eigenvalue weighted by atomic mass is 10.1. The summed E-state index contributed by atoms with van der Waals surface area (Å²) in [5, 5.41) is 8.89. The van der Waals surface area contributed by atoms with Gasteiger partial charge in [0.1, 0.15) is 6.04 Å². The molecule has 2 saturated heterocycles. The largest absolute Gasteiger partial charge is 1.00 e. The number of aromatic nitrogens is 2. The molecule has 0 spiro atoms. The van der Waals surface area contributed by atoms with Gasteiger partial charge < -0.3 is 33.4 Å². The SMILES string of the molecule is C[N+]1(C)CC2CC1CN2c1ccc(-c2ccccc2)nn1.[I-]. The molecule has 0 radical (unpaired) electrons. The Labute approximate surface area is 148 Å². The van der Waals surface area contributed by atoms with E-state index in [4.69, 9.17) is 0 Å². The van der Waals surface area contributed by atoms with Crippen molar-refractivity contribution in [2.75, 3.05) is 32.1 Å². The first-order valence-electron chi connectivity index (χ1n) is 7.62. The van der Waals surface area contributed by atoms with E-state index in [0.717, 1.165) is 34.1 Å². The highest BCUT2D eigenvalue weighted by Crippen LogP contribution is 2.36.